The van der Waals surface area contributed by atoms with Gasteiger partial charge in [0.25, 0.3) is 0 Å². The van der Waals surface area contributed by atoms with Crippen LogP contribution in [0.4, 0.5) is 18.9 Å². The van der Waals surface area contributed by atoms with Gasteiger partial charge in [-0.3, -0.25) is 9.78 Å². The van der Waals surface area contributed by atoms with Gasteiger partial charge in [0.05, 0.1) is 24.1 Å². The molecule has 1 fully saturated rings. The van der Waals surface area contributed by atoms with Crippen LogP contribution >= 0.6 is 0 Å². The molecule has 2 atom stereocenters. The van der Waals surface area contributed by atoms with E-state index in [0.29, 0.717) is 0 Å². The highest BCUT2D eigenvalue weighted by atomic mass is 19.4. The molecular formula is C14H15F3N2O4. The van der Waals surface area contributed by atoms with Gasteiger partial charge in [0.1, 0.15) is 5.56 Å². The summed E-state index contributed by atoms with van der Waals surface area (Å²) in [5, 5.41) is 9.04. The second-order valence-corrected chi connectivity index (χ2v) is 5.11. The normalized spacial score (nSPS) is 21.3. The van der Waals surface area contributed by atoms with Gasteiger partial charge in [0.15, 0.2) is 0 Å². The van der Waals surface area contributed by atoms with Crippen molar-refractivity contribution in [1.29, 1.82) is 0 Å². The van der Waals surface area contributed by atoms with Gasteiger partial charge in [-0.15, -0.1) is 0 Å². The van der Waals surface area contributed by atoms with Gasteiger partial charge in [0.2, 0.25) is 0 Å². The first-order valence-electron chi connectivity index (χ1n) is 6.91. The Morgan fingerprint density at radius 2 is 2.13 bits per heavy atom. The summed E-state index contributed by atoms with van der Waals surface area (Å²) in [5.41, 5.74) is 0.206. The van der Waals surface area contributed by atoms with Crippen molar-refractivity contribution in [2.75, 3.05) is 24.6 Å². The number of pyridine rings is 1. The minimum atomic E-state index is -4.63. The first-order chi connectivity index (χ1) is 10.8. The lowest BCUT2D eigenvalue weighted by Gasteiger charge is -2.21. The van der Waals surface area contributed by atoms with E-state index in [1.165, 1.54) is 23.4 Å². The number of hydrogen-bond donors (Lipinski definition) is 1. The monoisotopic (exact) mass is 332 g/mol. The summed E-state index contributed by atoms with van der Waals surface area (Å²) in [6.07, 6.45) is -2.10. The molecule has 2 heterocycles. The van der Waals surface area contributed by atoms with Crippen molar-refractivity contribution in [3.63, 3.8) is 0 Å². The van der Waals surface area contributed by atoms with Crippen LogP contribution in [0.5, 0.6) is 0 Å². The van der Waals surface area contributed by atoms with Crippen LogP contribution in [0, 0.1) is 11.8 Å². The molecule has 6 nitrogen and oxygen atoms in total. The smallest absolute Gasteiger partial charge is 0.394 e. The molecule has 0 unspecified atom stereocenters. The number of ether oxygens (including phenoxy) is 1. The fraction of sp³-hybridized carbons (Fsp3) is 0.500. The fourth-order valence-corrected chi connectivity index (χ4v) is 2.61. The number of carbonyl (C=O) groups is 2. The second-order valence-electron chi connectivity index (χ2n) is 5.11. The summed E-state index contributed by atoms with van der Waals surface area (Å²) in [5.74, 6) is -5.80. The molecule has 0 bridgehead atoms. The molecule has 1 N–H and O–H groups in total. The fourth-order valence-electron chi connectivity index (χ4n) is 2.61. The topological polar surface area (TPSA) is 79.7 Å². The standard InChI is InChI=1S/C14H15F3N2O4/c1-2-23-13(22)8-5-18-4-3-11(8)19-6-9(12(20)21)10(7-19)14(15,16)17/h3-5,9-10H,2,6-7H2,1H3,(H,20,21)/t9-,10-/m1/s1. The molecule has 1 aliphatic heterocycles. The van der Waals surface area contributed by atoms with Crippen molar-refractivity contribution >= 4 is 17.6 Å². The second kappa shape index (κ2) is 6.43. The molecule has 0 amide bonds. The third-order valence-corrected chi connectivity index (χ3v) is 3.69. The number of alkyl halides is 3. The van der Waals surface area contributed by atoms with E-state index in [1.54, 1.807) is 6.92 Å². The molecule has 2 rings (SSSR count). The van der Waals surface area contributed by atoms with E-state index in [1.807, 2.05) is 0 Å². The highest BCUT2D eigenvalue weighted by Gasteiger charge is 2.53. The Morgan fingerprint density at radius 1 is 1.43 bits per heavy atom. The summed E-state index contributed by atoms with van der Waals surface area (Å²) < 4.78 is 44.0. The molecule has 1 aromatic rings. The van der Waals surface area contributed by atoms with E-state index in [9.17, 15) is 22.8 Å². The number of aliphatic carboxylic acids is 1. The number of halogens is 3. The van der Waals surface area contributed by atoms with E-state index in [0.717, 1.165) is 0 Å². The van der Waals surface area contributed by atoms with E-state index in [4.69, 9.17) is 9.84 Å². The van der Waals surface area contributed by atoms with Crippen LogP contribution < -0.4 is 4.90 Å². The lowest BCUT2D eigenvalue weighted by molar-refractivity contribution is -0.187. The van der Waals surface area contributed by atoms with Crippen LogP contribution in [-0.2, 0) is 9.53 Å². The predicted octanol–water partition coefficient (Wildman–Crippen LogP) is 1.96. The van der Waals surface area contributed by atoms with Crippen molar-refractivity contribution in [2.45, 2.75) is 13.1 Å². The number of carboxylic acid groups (broad SMARTS) is 1. The Kier molecular flexibility index (Phi) is 4.76. The van der Waals surface area contributed by atoms with Gasteiger partial charge in [-0.1, -0.05) is 0 Å². The third kappa shape index (κ3) is 3.54. The molecule has 9 heteroatoms. The highest BCUT2D eigenvalue weighted by molar-refractivity contribution is 5.95. The number of anilines is 1. The maximum Gasteiger partial charge on any atom is 0.394 e. The molecule has 0 saturated carbocycles. The Morgan fingerprint density at radius 3 is 2.65 bits per heavy atom. The molecule has 126 valence electrons. The van der Waals surface area contributed by atoms with Gasteiger partial charge < -0.3 is 14.7 Å². The summed E-state index contributed by atoms with van der Waals surface area (Å²) in [7, 11) is 0. The largest absolute Gasteiger partial charge is 0.481 e. The van der Waals surface area contributed by atoms with Crippen LogP contribution in [0.3, 0.4) is 0 Å². The average molecular weight is 332 g/mol. The van der Waals surface area contributed by atoms with E-state index < -0.39 is 36.5 Å². The van der Waals surface area contributed by atoms with Crippen molar-refractivity contribution < 1.29 is 32.6 Å². The maximum absolute atomic E-state index is 13.0. The quantitative estimate of drug-likeness (QED) is 0.849. The highest BCUT2D eigenvalue weighted by Crippen LogP contribution is 2.40. The maximum atomic E-state index is 13.0. The average Bonchev–Trinajstić information content (AvgIpc) is 2.93. The van der Waals surface area contributed by atoms with Crippen LogP contribution in [0.1, 0.15) is 17.3 Å². The summed E-state index contributed by atoms with van der Waals surface area (Å²) in [6.45, 7) is 0.840. The van der Waals surface area contributed by atoms with Crippen LogP contribution in [0.15, 0.2) is 18.5 Å². The summed E-state index contributed by atoms with van der Waals surface area (Å²) in [4.78, 5) is 28.0. The van der Waals surface area contributed by atoms with Gasteiger partial charge in [-0.05, 0) is 13.0 Å². The van der Waals surface area contributed by atoms with E-state index in [2.05, 4.69) is 4.98 Å². The Labute approximate surface area is 129 Å². The van der Waals surface area contributed by atoms with Crippen LogP contribution in [0.25, 0.3) is 0 Å². The molecule has 0 aromatic carbocycles. The number of carboxylic acids is 1. The molecule has 1 aliphatic rings. The van der Waals surface area contributed by atoms with Crippen molar-refractivity contribution in [1.82, 2.24) is 4.98 Å². The lowest BCUT2D eigenvalue weighted by atomic mass is 9.96. The minimum absolute atomic E-state index is 0.0151. The van der Waals surface area contributed by atoms with Crippen molar-refractivity contribution in [3.8, 4) is 0 Å². The third-order valence-electron chi connectivity index (χ3n) is 3.69. The molecule has 1 saturated heterocycles. The van der Waals surface area contributed by atoms with Crippen LogP contribution in [-0.4, -0.2) is 47.9 Å². The number of aromatic nitrogens is 1. The molecular weight excluding hydrogens is 317 g/mol. The summed E-state index contributed by atoms with van der Waals surface area (Å²) >= 11 is 0. The molecule has 0 aliphatic carbocycles. The van der Waals surface area contributed by atoms with Gasteiger partial charge in [0, 0.05) is 25.5 Å². The molecule has 0 radical (unpaired) electrons. The van der Waals surface area contributed by atoms with Gasteiger partial charge in [-0.25, -0.2) is 4.79 Å². The lowest BCUT2D eigenvalue weighted by Crippen LogP contribution is -2.33. The van der Waals surface area contributed by atoms with Gasteiger partial charge in [-0.2, -0.15) is 13.2 Å². The number of esters is 1. The number of nitrogens with zero attached hydrogens (tertiary/aromatic N) is 2. The number of rotatable bonds is 4. The number of carbonyl (C=O) groups excluding carboxylic acids is 1. The van der Waals surface area contributed by atoms with Crippen molar-refractivity contribution in [3.05, 3.63) is 24.0 Å². The minimum Gasteiger partial charge on any atom is -0.481 e. The predicted molar refractivity (Wildman–Crippen MR) is 73.1 cm³/mol. The van der Waals surface area contributed by atoms with E-state index >= 15 is 0 Å². The van der Waals surface area contributed by atoms with Gasteiger partial charge >= 0.3 is 18.1 Å². The first kappa shape index (κ1) is 17.0. The molecule has 1 aromatic heterocycles. The SMILES string of the molecule is CCOC(=O)c1cnccc1N1C[C@@H](C(F)(F)F)[C@H](C(=O)O)C1. The molecule has 23 heavy (non-hydrogen) atoms. The zero-order valence-electron chi connectivity index (χ0n) is 12.2. The Hall–Kier alpha value is -2.32. The number of hydrogen-bond acceptors (Lipinski definition) is 5. The van der Waals surface area contributed by atoms with E-state index in [-0.39, 0.29) is 24.4 Å². The Bertz CT molecular complexity index is 606. The first-order valence-corrected chi connectivity index (χ1v) is 6.91. The summed E-state index contributed by atoms with van der Waals surface area (Å²) in [6, 6.07) is 1.38. The van der Waals surface area contributed by atoms with Crippen molar-refractivity contribution in [2.24, 2.45) is 11.8 Å². The zero-order chi connectivity index (χ0) is 17.2. The Balaban J connectivity index is 2.33. The van der Waals surface area contributed by atoms with Crippen LogP contribution in [0.2, 0.25) is 0 Å². The zero-order valence-corrected chi connectivity index (χ0v) is 12.2. The molecule has 0 spiro atoms.